The Bertz CT molecular complexity index is 1530. The summed E-state index contributed by atoms with van der Waals surface area (Å²) in [5, 5.41) is 0. The van der Waals surface area contributed by atoms with Crippen molar-refractivity contribution >= 4 is 27.3 Å². The summed E-state index contributed by atoms with van der Waals surface area (Å²) in [6.07, 6.45) is 8.59. The van der Waals surface area contributed by atoms with Crippen LogP contribution in [0, 0.1) is 19.3 Å². The second-order valence-corrected chi connectivity index (χ2v) is 13.5. The number of methoxy groups -OCH3 is 1. The number of likely N-dealkylation sites (tertiary alicyclic amines) is 1. The lowest BCUT2D eigenvalue weighted by Gasteiger charge is -2.47. The summed E-state index contributed by atoms with van der Waals surface area (Å²) in [5.41, 5.74) is 4.93. The van der Waals surface area contributed by atoms with Gasteiger partial charge in [0.1, 0.15) is 5.75 Å². The third kappa shape index (κ3) is 5.05. The lowest BCUT2D eigenvalue weighted by Crippen LogP contribution is -2.48. The van der Waals surface area contributed by atoms with Crippen molar-refractivity contribution < 1.29 is 17.9 Å². The van der Waals surface area contributed by atoms with Gasteiger partial charge in [0.25, 0.3) is 15.9 Å². The van der Waals surface area contributed by atoms with Crippen LogP contribution < -0.4 is 13.9 Å². The van der Waals surface area contributed by atoms with E-state index in [2.05, 4.69) is 22.0 Å². The molecule has 0 atom stereocenters. The number of hydrogen-bond donors (Lipinski definition) is 0. The van der Waals surface area contributed by atoms with Crippen molar-refractivity contribution in [3.8, 4) is 5.75 Å². The van der Waals surface area contributed by atoms with E-state index in [9.17, 15) is 13.2 Å². The number of aryl methyl sites for hydroxylation is 2. The molecule has 2 aromatic carbocycles. The number of pyridine rings is 1. The molecule has 0 unspecified atom stereocenters. The number of carbonyl (C=O) groups is 1. The van der Waals surface area contributed by atoms with Crippen molar-refractivity contribution in [2.24, 2.45) is 5.41 Å². The number of benzene rings is 2. The summed E-state index contributed by atoms with van der Waals surface area (Å²) in [6.45, 7) is 7.48. The van der Waals surface area contributed by atoms with E-state index in [1.165, 1.54) is 9.99 Å². The maximum atomic E-state index is 13.9. The Morgan fingerprint density at radius 1 is 0.878 bits per heavy atom. The number of aromatic nitrogens is 1. The van der Waals surface area contributed by atoms with Crippen molar-refractivity contribution in [3.63, 3.8) is 0 Å². The number of anilines is 2. The fourth-order valence-corrected chi connectivity index (χ4v) is 8.85. The molecule has 1 spiro atoms. The summed E-state index contributed by atoms with van der Waals surface area (Å²) < 4.78 is 34.6. The SMILES string of the molecule is COc1cc(C)c(S(=O)(=O)N2CCc3ccc(C(=O)N4CCC5(CC4)CCN(c4ccncc4)CC5)cc32)c(C)c1. The molecular formula is C32H38N4O4S. The molecule has 0 bridgehead atoms. The quantitative estimate of drug-likeness (QED) is 0.428. The molecular weight excluding hydrogens is 536 g/mol. The summed E-state index contributed by atoms with van der Waals surface area (Å²) in [7, 11) is -2.23. The summed E-state index contributed by atoms with van der Waals surface area (Å²) in [6, 6.07) is 13.2. The molecule has 0 aliphatic carbocycles. The highest BCUT2D eigenvalue weighted by Gasteiger charge is 2.39. The number of sulfonamides is 1. The third-order valence-electron chi connectivity index (χ3n) is 9.37. The molecule has 9 heteroatoms. The minimum Gasteiger partial charge on any atom is -0.497 e. The Kier molecular flexibility index (Phi) is 7.18. The standard InChI is InChI=1S/C32H38N4O4S/c1-23-20-28(40-3)21-24(2)30(23)41(38,39)36-15-8-25-4-5-26(22-29(25)36)31(37)35-18-11-32(12-19-35)9-16-34(17-10-32)27-6-13-33-14-7-27/h4-7,13-14,20-22H,8-12,15-19H2,1-3H3. The van der Waals surface area contributed by atoms with Gasteiger partial charge in [-0.25, -0.2) is 8.42 Å². The van der Waals surface area contributed by atoms with E-state index < -0.39 is 10.0 Å². The second-order valence-electron chi connectivity index (χ2n) is 11.7. The highest BCUT2D eigenvalue weighted by molar-refractivity contribution is 7.93. The van der Waals surface area contributed by atoms with Gasteiger partial charge in [0.2, 0.25) is 0 Å². The molecule has 3 aliphatic rings. The molecule has 0 N–H and O–H groups in total. The Morgan fingerprint density at radius 2 is 1.51 bits per heavy atom. The van der Waals surface area contributed by atoms with E-state index in [1.807, 2.05) is 29.4 Å². The third-order valence-corrected chi connectivity index (χ3v) is 11.5. The molecule has 8 nitrogen and oxygen atoms in total. The molecule has 41 heavy (non-hydrogen) atoms. The average molecular weight is 575 g/mol. The summed E-state index contributed by atoms with van der Waals surface area (Å²) >= 11 is 0. The lowest BCUT2D eigenvalue weighted by atomic mass is 9.71. The topological polar surface area (TPSA) is 83.0 Å². The molecule has 2 saturated heterocycles. The van der Waals surface area contributed by atoms with Crippen LogP contribution in [0.25, 0.3) is 0 Å². The monoisotopic (exact) mass is 574 g/mol. The van der Waals surface area contributed by atoms with E-state index in [-0.39, 0.29) is 11.3 Å². The van der Waals surface area contributed by atoms with Crippen LogP contribution in [0.15, 0.2) is 59.8 Å². The van der Waals surface area contributed by atoms with E-state index in [0.29, 0.717) is 46.0 Å². The number of fused-ring (bicyclic) bond motifs is 1. The van der Waals surface area contributed by atoms with Crippen LogP contribution >= 0.6 is 0 Å². The van der Waals surface area contributed by atoms with E-state index in [1.54, 1.807) is 39.2 Å². The first-order valence-electron chi connectivity index (χ1n) is 14.5. The maximum absolute atomic E-state index is 13.9. The molecule has 2 fully saturated rings. The fourth-order valence-electron chi connectivity index (χ4n) is 6.94. The predicted molar refractivity (Wildman–Crippen MR) is 160 cm³/mol. The molecule has 1 aromatic heterocycles. The van der Waals surface area contributed by atoms with Crippen LogP contribution in [0.2, 0.25) is 0 Å². The van der Waals surface area contributed by atoms with Crippen molar-refractivity contribution in [2.75, 3.05) is 49.0 Å². The number of rotatable bonds is 5. The van der Waals surface area contributed by atoms with E-state index in [4.69, 9.17) is 4.74 Å². The Hall–Kier alpha value is -3.59. The maximum Gasteiger partial charge on any atom is 0.264 e. The molecule has 4 heterocycles. The number of ether oxygens (including phenoxy) is 1. The largest absolute Gasteiger partial charge is 0.497 e. The Morgan fingerprint density at radius 3 is 2.15 bits per heavy atom. The fraction of sp³-hybridized carbons (Fsp3) is 0.438. The van der Waals surface area contributed by atoms with Crippen LogP contribution in [0.1, 0.15) is 52.7 Å². The van der Waals surface area contributed by atoms with Crippen molar-refractivity contribution in [1.29, 1.82) is 0 Å². The summed E-state index contributed by atoms with van der Waals surface area (Å²) in [4.78, 5) is 22.5. The number of piperidine rings is 2. The van der Waals surface area contributed by atoms with Gasteiger partial charge in [-0.2, -0.15) is 0 Å². The van der Waals surface area contributed by atoms with Crippen LogP contribution in [-0.4, -0.2) is 64.0 Å². The molecule has 1 amide bonds. The van der Waals surface area contributed by atoms with Gasteiger partial charge in [-0.05, 0) is 104 Å². The van der Waals surface area contributed by atoms with Crippen LogP contribution in [0.4, 0.5) is 11.4 Å². The summed E-state index contributed by atoms with van der Waals surface area (Å²) in [5.74, 6) is 0.620. The minimum absolute atomic E-state index is 0.0158. The highest BCUT2D eigenvalue weighted by atomic mass is 32.2. The van der Waals surface area contributed by atoms with Gasteiger partial charge in [0.05, 0.1) is 17.7 Å². The van der Waals surface area contributed by atoms with Gasteiger partial charge >= 0.3 is 0 Å². The molecule has 3 aromatic rings. The van der Waals surface area contributed by atoms with Gasteiger partial charge in [-0.1, -0.05) is 6.07 Å². The van der Waals surface area contributed by atoms with Crippen molar-refractivity contribution in [2.45, 2.75) is 50.8 Å². The highest BCUT2D eigenvalue weighted by Crippen LogP contribution is 2.43. The minimum atomic E-state index is -3.80. The molecule has 6 rings (SSSR count). The normalized spacial score (nSPS) is 18.5. The van der Waals surface area contributed by atoms with Gasteiger partial charge in [-0.3, -0.25) is 14.1 Å². The van der Waals surface area contributed by atoms with E-state index >= 15 is 0 Å². The van der Waals surface area contributed by atoms with Gasteiger partial charge in [0.15, 0.2) is 0 Å². The zero-order valence-electron chi connectivity index (χ0n) is 24.1. The number of amides is 1. The average Bonchev–Trinajstić information content (AvgIpc) is 3.42. The first-order valence-corrected chi connectivity index (χ1v) is 15.9. The molecule has 3 aliphatic heterocycles. The Labute approximate surface area is 243 Å². The molecule has 216 valence electrons. The van der Waals surface area contributed by atoms with Gasteiger partial charge < -0.3 is 14.5 Å². The lowest BCUT2D eigenvalue weighted by molar-refractivity contribution is 0.0515. The Balaban J connectivity index is 1.15. The van der Waals surface area contributed by atoms with Gasteiger partial charge in [-0.15, -0.1) is 0 Å². The number of hydrogen-bond acceptors (Lipinski definition) is 6. The number of carbonyl (C=O) groups excluding carboxylic acids is 1. The smallest absolute Gasteiger partial charge is 0.264 e. The van der Waals surface area contributed by atoms with Crippen LogP contribution in [-0.2, 0) is 16.4 Å². The molecule has 0 saturated carbocycles. The zero-order valence-corrected chi connectivity index (χ0v) is 24.9. The second kappa shape index (κ2) is 10.7. The van der Waals surface area contributed by atoms with Crippen molar-refractivity contribution in [3.05, 3.63) is 77.1 Å². The van der Waals surface area contributed by atoms with Crippen LogP contribution in [0.5, 0.6) is 5.75 Å². The van der Waals surface area contributed by atoms with E-state index in [0.717, 1.165) is 57.4 Å². The van der Waals surface area contributed by atoms with Crippen LogP contribution in [0.3, 0.4) is 0 Å². The molecule has 0 radical (unpaired) electrons. The number of nitrogens with zero attached hydrogens (tertiary/aromatic N) is 4. The predicted octanol–water partition coefficient (Wildman–Crippen LogP) is 4.98. The van der Waals surface area contributed by atoms with Gasteiger partial charge in [0, 0.05) is 56.4 Å². The first kappa shape index (κ1) is 27.6. The van der Waals surface area contributed by atoms with Crippen molar-refractivity contribution in [1.82, 2.24) is 9.88 Å². The zero-order chi connectivity index (χ0) is 28.8. The first-order chi connectivity index (χ1) is 19.7.